The van der Waals surface area contributed by atoms with Crippen LogP contribution in [0, 0.1) is 11.8 Å². The first-order valence-electron chi connectivity index (χ1n) is 22.0. The van der Waals surface area contributed by atoms with Crippen molar-refractivity contribution in [1.29, 1.82) is 0 Å². The Bertz CT molecular complexity index is 1660. The molecule has 0 saturated carbocycles. The summed E-state index contributed by atoms with van der Waals surface area (Å²) in [6.07, 6.45) is 5.57. The van der Waals surface area contributed by atoms with Crippen LogP contribution in [0.25, 0.3) is 0 Å². The molecule has 1 aromatic rings. The first-order valence-corrected chi connectivity index (χ1v) is 22.0. The normalized spacial score (nSPS) is 25.0. The topological polar surface area (TPSA) is 284 Å². The van der Waals surface area contributed by atoms with E-state index in [2.05, 4.69) is 38.8 Å². The fourth-order valence-electron chi connectivity index (χ4n) is 6.91. The zero-order valence-electron chi connectivity index (χ0n) is 37.4. The Morgan fingerprint density at radius 2 is 1.24 bits per heavy atom. The van der Waals surface area contributed by atoms with Crippen LogP contribution in [0.5, 0.6) is 5.75 Å². The largest absolute Gasteiger partial charge is 0.508 e. The lowest BCUT2D eigenvalue weighted by atomic mass is 9.93. The second-order valence-corrected chi connectivity index (χ2v) is 16.9. The number of aliphatic hydroxyl groups is 1. The van der Waals surface area contributed by atoms with Gasteiger partial charge in [-0.2, -0.15) is 0 Å². The summed E-state index contributed by atoms with van der Waals surface area (Å²) >= 11 is 0. The summed E-state index contributed by atoms with van der Waals surface area (Å²) in [7, 11) is 0. The van der Waals surface area contributed by atoms with Crippen molar-refractivity contribution >= 4 is 47.3 Å². The van der Waals surface area contributed by atoms with Crippen LogP contribution in [0.3, 0.4) is 0 Å². The van der Waals surface area contributed by atoms with Crippen LogP contribution >= 0.6 is 0 Å². The highest BCUT2D eigenvalue weighted by atomic mass is 16.5. The van der Waals surface area contributed by atoms with Gasteiger partial charge in [-0.15, -0.1) is 0 Å². The van der Waals surface area contributed by atoms with Gasteiger partial charge < -0.3 is 52.6 Å². The second-order valence-electron chi connectivity index (χ2n) is 16.9. The smallest absolute Gasteiger partial charge is 0.329 e. The van der Waals surface area contributed by atoms with Gasteiger partial charge in [-0.25, -0.2) is 4.79 Å². The Morgan fingerprint density at radius 1 is 0.710 bits per heavy atom. The number of unbranched alkanes of at least 4 members (excludes halogenated alkanes) is 7. The maximum absolute atomic E-state index is 14.2. The third kappa shape index (κ3) is 18.8. The standard InChI is InChI=1S/C44H71N7O11/c1-8-9-10-11-12-13-14-15-16-26(4)34-24-36(55)50-38(29(7)52)43(60)47-27(5)39(56)46-28(6)40(57)48-32(21-22-35(45)54)41(58)49-33(23-30-17-19-31(53)20-18-30)42(59)51-37(25(2)3)44(61)62-34/h17-20,25-29,32-34,37-38,52-53H,8-16,21-24H2,1-7H3,(H2,45,54)(H,46,56)(H,47,60)(H,48,57)(H,49,58)(H,50,55)(H,51,59). The number of carbonyl (C=O) groups is 8. The van der Waals surface area contributed by atoms with Crippen LogP contribution in [0.1, 0.15) is 131 Å². The van der Waals surface area contributed by atoms with Crippen molar-refractivity contribution in [2.24, 2.45) is 17.6 Å². The summed E-state index contributed by atoms with van der Waals surface area (Å²) in [5, 5.41) is 35.6. The van der Waals surface area contributed by atoms with Gasteiger partial charge in [0.25, 0.3) is 0 Å². The molecule has 1 aromatic carbocycles. The maximum Gasteiger partial charge on any atom is 0.329 e. The highest BCUT2D eigenvalue weighted by Crippen LogP contribution is 2.22. The van der Waals surface area contributed by atoms with E-state index in [1.54, 1.807) is 13.8 Å². The van der Waals surface area contributed by atoms with E-state index in [9.17, 15) is 48.6 Å². The number of rotatable bonds is 17. The lowest BCUT2D eigenvalue weighted by molar-refractivity contribution is -0.158. The van der Waals surface area contributed by atoms with Gasteiger partial charge in [0.2, 0.25) is 41.4 Å². The van der Waals surface area contributed by atoms with Crippen molar-refractivity contribution in [2.75, 3.05) is 0 Å². The summed E-state index contributed by atoms with van der Waals surface area (Å²) in [4.78, 5) is 107. The number of hydrogen-bond donors (Lipinski definition) is 9. The molecular weight excluding hydrogens is 803 g/mol. The lowest BCUT2D eigenvalue weighted by Crippen LogP contribution is -2.60. The monoisotopic (exact) mass is 874 g/mol. The summed E-state index contributed by atoms with van der Waals surface area (Å²) in [5.74, 6) is -7.54. The van der Waals surface area contributed by atoms with Crippen LogP contribution in [0.15, 0.2) is 24.3 Å². The molecule has 1 saturated heterocycles. The molecule has 9 atom stereocenters. The molecule has 0 aromatic heterocycles. The van der Waals surface area contributed by atoms with Crippen molar-refractivity contribution < 1.29 is 53.3 Å². The molecule has 9 unspecified atom stereocenters. The average molecular weight is 874 g/mol. The Labute approximate surface area is 365 Å². The van der Waals surface area contributed by atoms with Gasteiger partial charge in [0.1, 0.15) is 48.1 Å². The van der Waals surface area contributed by atoms with Crippen LogP contribution in [-0.2, 0) is 49.5 Å². The van der Waals surface area contributed by atoms with E-state index in [1.807, 2.05) is 6.92 Å². The van der Waals surface area contributed by atoms with Gasteiger partial charge in [-0.05, 0) is 63.1 Å². The number of benzene rings is 1. The molecule has 18 nitrogen and oxygen atoms in total. The zero-order chi connectivity index (χ0) is 46.5. The lowest BCUT2D eigenvalue weighted by Gasteiger charge is -2.30. The molecule has 1 aliphatic rings. The Hall–Kier alpha value is -5.26. The molecule has 2 rings (SSSR count). The first kappa shape index (κ1) is 52.9. The molecule has 18 heteroatoms. The van der Waals surface area contributed by atoms with Crippen molar-refractivity contribution in [2.45, 2.75) is 180 Å². The molecule has 0 aliphatic carbocycles. The number of nitrogens with one attached hydrogen (secondary N) is 6. The summed E-state index contributed by atoms with van der Waals surface area (Å²) in [5.41, 5.74) is 5.89. The van der Waals surface area contributed by atoms with E-state index in [1.165, 1.54) is 57.9 Å². The van der Waals surface area contributed by atoms with E-state index in [4.69, 9.17) is 10.5 Å². The maximum atomic E-state index is 14.2. The number of amides is 7. The van der Waals surface area contributed by atoms with E-state index >= 15 is 0 Å². The van der Waals surface area contributed by atoms with Crippen molar-refractivity contribution in [3.8, 4) is 5.75 Å². The Balaban J connectivity index is 2.58. The molecule has 10 N–H and O–H groups in total. The average Bonchev–Trinajstić information content (AvgIpc) is 3.20. The highest BCUT2D eigenvalue weighted by molar-refractivity contribution is 5.97. The fourth-order valence-corrected chi connectivity index (χ4v) is 6.91. The minimum absolute atomic E-state index is 0.0409. The number of aliphatic hydroxyl groups excluding tert-OH is 1. The quantitative estimate of drug-likeness (QED) is 0.0802. The summed E-state index contributed by atoms with van der Waals surface area (Å²) in [6, 6.07) is -2.27. The highest BCUT2D eigenvalue weighted by Gasteiger charge is 2.36. The molecule has 348 valence electrons. The number of carbonyl (C=O) groups excluding carboxylic acids is 8. The van der Waals surface area contributed by atoms with E-state index in [-0.39, 0.29) is 30.9 Å². The molecule has 1 heterocycles. The molecule has 7 amide bonds. The predicted molar refractivity (Wildman–Crippen MR) is 231 cm³/mol. The molecule has 1 fully saturated rings. The molecule has 0 spiro atoms. The Morgan fingerprint density at radius 3 is 1.81 bits per heavy atom. The molecule has 62 heavy (non-hydrogen) atoms. The number of phenolic OH excluding ortho intramolecular Hbond substituents is 1. The number of ether oxygens (including phenoxy) is 1. The number of aromatic hydroxyl groups is 1. The van der Waals surface area contributed by atoms with E-state index in [0.29, 0.717) is 12.0 Å². The van der Waals surface area contributed by atoms with Gasteiger partial charge in [0, 0.05) is 12.8 Å². The fraction of sp³-hybridized carbons (Fsp3) is 0.682. The van der Waals surface area contributed by atoms with Crippen LogP contribution in [-0.4, -0.2) is 106 Å². The number of hydrogen-bond acceptors (Lipinski definition) is 11. The predicted octanol–water partition coefficient (Wildman–Crippen LogP) is 1.67. The SMILES string of the molecule is CCCCCCCCCCC(C)C1CC(=O)NC(C(C)O)C(=O)NC(C)C(=O)NC(C)C(=O)NC(CCC(N)=O)C(=O)NC(Cc2ccc(O)cc2)C(=O)NC(C(C)C)C(=O)O1. The molecule has 0 radical (unpaired) electrons. The number of primary amides is 1. The molecule has 1 aliphatic heterocycles. The zero-order valence-corrected chi connectivity index (χ0v) is 37.4. The number of esters is 1. The number of nitrogens with two attached hydrogens (primary N) is 1. The van der Waals surface area contributed by atoms with Gasteiger partial charge >= 0.3 is 5.97 Å². The minimum Gasteiger partial charge on any atom is -0.508 e. The first-order chi connectivity index (χ1) is 29.2. The van der Waals surface area contributed by atoms with Crippen LogP contribution < -0.4 is 37.6 Å². The van der Waals surface area contributed by atoms with E-state index in [0.717, 1.165) is 38.5 Å². The third-order valence-corrected chi connectivity index (χ3v) is 10.9. The van der Waals surface area contributed by atoms with Gasteiger partial charge in [-0.3, -0.25) is 33.6 Å². The minimum atomic E-state index is -1.52. The van der Waals surface area contributed by atoms with Crippen LogP contribution in [0.2, 0.25) is 0 Å². The molecule has 0 bridgehead atoms. The Kier molecular flexibility index (Phi) is 23.0. The number of cyclic esters (lactones) is 1. The van der Waals surface area contributed by atoms with Crippen molar-refractivity contribution in [3.05, 3.63) is 29.8 Å². The summed E-state index contributed by atoms with van der Waals surface area (Å²) in [6.45, 7) is 11.3. The summed E-state index contributed by atoms with van der Waals surface area (Å²) < 4.78 is 6.04. The second kappa shape index (κ2) is 26.9. The van der Waals surface area contributed by atoms with Gasteiger partial charge in [0.15, 0.2) is 0 Å². The van der Waals surface area contributed by atoms with Crippen LogP contribution in [0.4, 0.5) is 0 Å². The number of phenols is 1. The van der Waals surface area contributed by atoms with Gasteiger partial charge in [-0.1, -0.05) is 91.2 Å². The molecular formula is C44H71N7O11. The third-order valence-electron chi connectivity index (χ3n) is 10.9. The van der Waals surface area contributed by atoms with Crippen molar-refractivity contribution in [1.82, 2.24) is 31.9 Å². The van der Waals surface area contributed by atoms with E-state index < -0.39 is 108 Å². The van der Waals surface area contributed by atoms with Gasteiger partial charge in [0.05, 0.1) is 12.5 Å². The van der Waals surface area contributed by atoms with Crippen molar-refractivity contribution in [3.63, 3.8) is 0 Å².